The van der Waals surface area contributed by atoms with Gasteiger partial charge in [0.05, 0.1) is 19.8 Å². The second-order valence-corrected chi connectivity index (χ2v) is 3.85. The molecule has 1 saturated heterocycles. The Labute approximate surface area is 107 Å². The molecule has 1 atom stereocenters. The van der Waals surface area contributed by atoms with Crippen molar-refractivity contribution in [3.05, 3.63) is 29.3 Å². The van der Waals surface area contributed by atoms with E-state index in [0.29, 0.717) is 6.61 Å². The number of methoxy groups -OCH3 is 1. The molecule has 1 amide bonds. The summed E-state index contributed by atoms with van der Waals surface area (Å²) in [5.41, 5.74) is 2.14. The number of ether oxygens (including phenoxy) is 2. The average Bonchev–Trinajstić information content (AvgIpc) is 2.29. The summed E-state index contributed by atoms with van der Waals surface area (Å²) in [6, 6.07) is 5.99. The third kappa shape index (κ3) is 3.03. The molecule has 1 aromatic rings. The van der Waals surface area contributed by atoms with Gasteiger partial charge in [-0.05, 0) is 24.1 Å². The van der Waals surface area contributed by atoms with Crippen molar-refractivity contribution in [3.8, 4) is 5.75 Å². The van der Waals surface area contributed by atoms with Crippen LogP contribution >= 0.6 is 12.4 Å². The average molecular weight is 258 g/mol. The van der Waals surface area contributed by atoms with Crippen LogP contribution in [-0.4, -0.2) is 19.8 Å². The maximum absolute atomic E-state index is 11.1. The number of alkyl carbamates (subject to hydrolysis) is 1. The fraction of sp³-hybridized carbons (Fsp3) is 0.417. The van der Waals surface area contributed by atoms with Gasteiger partial charge in [-0.15, -0.1) is 12.4 Å². The molecule has 1 fully saturated rings. The van der Waals surface area contributed by atoms with Crippen LogP contribution < -0.4 is 10.1 Å². The molecule has 17 heavy (non-hydrogen) atoms. The summed E-state index contributed by atoms with van der Waals surface area (Å²) >= 11 is 0. The molecule has 0 unspecified atom stereocenters. The van der Waals surface area contributed by atoms with Crippen LogP contribution in [0.5, 0.6) is 5.75 Å². The quantitative estimate of drug-likeness (QED) is 0.886. The predicted octanol–water partition coefficient (Wildman–Crippen LogP) is 2.60. The maximum Gasteiger partial charge on any atom is 0.407 e. The van der Waals surface area contributed by atoms with Gasteiger partial charge < -0.3 is 14.8 Å². The largest absolute Gasteiger partial charge is 0.496 e. The number of cyclic esters (lactones) is 1. The monoisotopic (exact) mass is 257 g/mol. The Morgan fingerprint density at radius 2 is 2.24 bits per heavy atom. The summed E-state index contributed by atoms with van der Waals surface area (Å²) in [5, 5.41) is 2.79. The molecule has 0 saturated carbocycles. The van der Waals surface area contributed by atoms with Gasteiger partial charge in [0.25, 0.3) is 0 Å². The Kier molecular flexibility index (Phi) is 4.63. The first-order valence-electron chi connectivity index (χ1n) is 5.28. The number of aryl methyl sites for hydroxylation is 1. The van der Waals surface area contributed by atoms with Gasteiger partial charge in [-0.25, -0.2) is 4.79 Å². The van der Waals surface area contributed by atoms with E-state index in [0.717, 1.165) is 23.3 Å². The molecule has 0 aliphatic carbocycles. The van der Waals surface area contributed by atoms with E-state index in [1.807, 2.05) is 25.1 Å². The molecule has 1 aliphatic rings. The van der Waals surface area contributed by atoms with Gasteiger partial charge in [0.2, 0.25) is 0 Å². The Bertz CT molecular complexity index is 409. The van der Waals surface area contributed by atoms with Crippen LogP contribution in [0.25, 0.3) is 0 Å². The van der Waals surface area contributed by atoms with Crippen LogP contribution in [0.15, 0.2) is 18.2 Å². The zero-order chi connectivity index (χ0) is 11.5. The van der Waals surface area contributed by atoms with Crippen LogP contribution in [-0.2, 0) is 4.74 Å². The van der Waals surface area contributed by atoms with E-state index >= 15 is 0 Å². The van der Waals surface area contributed by atoms with Crippen molar-refractivity contribution >= 4 is 18.5 Å². The van der Waals surface area contributed by atoms with Gasteiger partial charge >= 0.3 is 6.09 Å². The minimum absolute atomic E-state index is 0. The third-order valence-corrected chi connectivity index (χ3v) is 2.77. The Hall–Kier alpha value is -1.42. The zero-order valence-corrected chi connectivity index (χ0v) is 10.7. The summed E-state index contributed by atoms with van der Waals surface area (Å²) in [4.78, 5) is 11.1. The van der Waals surface area contributed by atoms with Crippen molar-refractivity contribution in [3.63, 3.8) is 0 Å². The predicted molar refractivity (Wildman–Crippen MR) is 66.8 cm³/mol. The highest BCUT2D eigenvalue weighted by atomic mass is 35.5. The fourth-order valence-corrected chi connectivity index (χ4v) is 1.83. The number of hydrogen-bond acceptors (Lipinski definition) is 3. The molecule has 0 bridgehead atoms. The normalized spacial score (nSPS) is 18.7. The van der Waals surface area contributed by atoms with Crippen LogP contribution in [0.3, 0.4) is 0 Å². The van der Waals surface area contributed by atoms with Crippen molar-refractivity contribution in [2.45, 2.75) is 19.4 Å². The highest BCUT2D eigenvalue weighted by Crippen LogP contribution is 2.26. The van der Waals surface area contributed by atoms with Gasteiger partial charge in [-0.2, -0.15) is 0 Å². The van der Waals surface area contributed by atoms with E-state index in [2.05, 4.69) is 5.32 Å². The molecule has 1 aromatic carbocycles. The first kappa shape index (κ1) is 13.6. The number of nitrogens with one attached hydrogen (secondary N) is 1. The molecule has 0 spiro atoms. The third-order valence-electron chi connectivity index (χ3n) is 2.77. The lowest BCUT2D eigenvalue weighted by Gasteiger charge is -2.24. The number of halogens is 1. The van der Waals surface area contributed by atoms with Gasteiger partial charge in [0.15, 0.2) is 0 Å². The molecular formula is C12H16ClNO3. The second kappa shape index (κ2) is 5.77. The van der Waals surface area contributed by atoms with Crippen molar-refractivity contribution in [1.82, 2.24) is 5.32 Å². The smallest absolute Gasteiger partial charge is 0.407 e. The lowest BCUT2D eigenvalue weighted by molar-refractivity contribution is 0.115. The van der Waals surface area contributed by atoms with Crippen molar-refractivity contribution in [2.75, 3.05) is 13.7 Å². The minimum atomic E-state index is -0.351. The van der Waals surface area contributed by atoms with Gasteiger partial charge in [0.1, 0.15) is 5.75 Å². The van der Waals surface area contributed by atoms with Gasteiger partial charge in [-0.3, -0.25) is 0 Å². The maximum atomic E-state index is 11.1. The van der Waals surface area contributed by atoms with Crippen molar-refractivity contribution in [1.29, 1.82) is 0 Å². The van der Waals surface area contributed by atoms with E-state index in [1.54, 1.807) is 7.11 Å². The number of carbonyl (C=O) groups is 1. The van der Waals surface area contributed by atoms with E-state index in [-0.39, 0.29) is 24.5 Å². The van der Waals surface area contributed by atoms with E-state index < -0.39 is 0 Å². The number of amides is 1. The molecular weight excluding hydrogens is 242 g/mol. The molecule has 0 radical (unpaired) electrons. The minimum Gasteiger partial charge on any atom is -0.496 e. The van der Waals surface area contributed by atoms with Crippen molar-refractivity contribution < 1.29 is 14.3 Å². The molecule has 0 aromatic heterocycles. The van der Waals surface area contributed by atoms with E-state index in [1.165, 1.54) is 0 Å². The second-order valence-electron chi connectivity index (χ2n) is 3.85. The lowest BCUT2D eigenvalue weighted by Crippen LogP contribution is -2.35. The van der Waals surface area contributed by atoms with E-state index in [9.17, 15) is 4.79 Å². The lowest BCUT2D eigenvalue weighted by atomic mass is 10.0. The topological polar surface area (TPSA) is 47.6 Å². The molecule has 2 rings (SSSR count). The fourth-order valence-electron chi connectivity index (χ4n) is 1.83. The van der Waals surface area contributed by atoms with Crippen LogP contribution in [0, 0.1) is 6.92 Å². The molecule has 94 valence electrons. The highest BCUT2D eigenvalue weighted by molar-refractivity contribution is 5.85. The molecule has 1 N–H and O–H groups in total. The van der Waals surface area contributed by atoms with Crippen LogP contribution in [0.2, 0.25) is 0 Å². The summed E-state index contributed by atoms with van der Waals surface area (Å²) < 4.78 is 10.1. The number of rotatable bonds is 2. The van der Waals surface area contributed by atoms with Crippen LogP contribution in [0.1, 0.15) is 23.6 Å². The first-order chi connectivity index (χ1) is 7.70. The number of carbonyl (C=O) groups excluding carboxylic acids is 1. The molecule has 4 nitrogen and oxygen atoms in total. The summed E-state index contributed by atoms with van der Waals surface area (Å²) in [5.74, 6) is 0.846. The Balaban J connectivity index is 0.00000144. The Morgan fingerprint density at radius 1 is 1.47 bits per heavy atom. The summed E-state index contributed by atoms with van der Waals surface area (Å²) in [6.45, 7) is 2.46. The number of benzene rings is 1. The van der Waals surface area contributed by atoms with Crippen LogP contribution in [0.4, 0.5) is 4.79 Å². The SMILES string of the molecule is COc1cc([C@H]2CCOC(=O)N2)ccc1C.Cl. The molecule has 1 aliphatic heterocycles. The Morgan fingerprint density at radius 3 is 2.88 bits per heavy atom. The summed E-state index contributed by atoms with van der Waals surface area (Å²) in [6.07, 6.45) is 0.439. The highest BCUT2D eigenvalue weighted by Gasteiger charge is 2.21. The molecule has 1 heterocycles. The van der Waals surface area contributed by atoms with Crippen molar-refractivity contribution in [2.24, 2.45) is 0 Å². The summed E-state index contributed by atoms with van der Waals surface area (Å²) in [7, 11) is 1.65. The van der Waals surface area contributed by atoms with E-state index in [4.69, 9.17) is 9.47 Å². The zero-order valence-electron chi connectivity index (χ0n) is 9.86. The first-order valence-corrected chi connectivity index (χ1v) is 5.28. The molecule has 5 heteroatoms. The van der Waals surface area contributed by atoms with Gasteiger partial charge in [0, 0.05) is 6.42 Å². The standard InChI is InChI=1S/C12H15NO3.ClH/c1-8-3-4-9(7-11(8)15-2)10-5-6-16-12(14)13-10;/h3-4,7,10H,5-6H2,1-2H3,(H,13,14);1H/t10-;/m1./s1. The number of hydrogen-bond donors (Lipinski definition) is 1. The van der Waals surface area contributed by atoms with Gasteiger partial charge in [-0.1, -0.05) is 12.1 Å².